The molecule has 2 saturated heterocycles. The minimum absolute atomic E-state index is 0.389. The van der Waals surface area contributed by atoms with Gasteiger partial charge in [0.1, 0.15) is 11.3 Å². The highest BCUT2D eigenvalue weighted by molar-refractivity contribution is 9.09. The van der Waals surface area contributed by atoms with E-state index in [0.29, 0.717) is 5.52 Å². The summed E-state index contributed by atoms with van der Waals surface area (Å²) < 4.78 is 30.7. The van der Waals surface area contributed by atoms with Crippen molar-refractivity contribution in [3.8, 4) is 5.75 Å². The van der Waals surface area contributed by atoms with Crippen LogP contribution in [-0.2, 0) is 18.6 Å². The molecule has 2 heterocycles. The van der Waals surface area contributed by atoms with Gasteiger partial charge in [0.25, 0.3) is 0 Å². The van der Waals surface area contributed by atoms with Crippen LogP contribution in [0.4, 0.5) is 17.1 Å². The van der Waals surface area contributed by atoms with Gasteiger partial charge in [-0.05, 0) is 131 Å². The number of alkyl halides is 1. The molecule has 3 aromatic rings. The summed E-state index contributed by atoms with van der Waals surface area (Å²) >= 11 is 3.33. The second kappa shape index (κ2) is 10.5. The minimum atomic E-state index is -0.410. The first-order valence-corrected chi connectivity index (χ1v) is 14.9. The third-order valence-electron chi connectivity index (χ3n) is 8.67. The molecule has 40 heavy (non-hydrogen) atoms. The van der Waals surface area contributed by atoms with Crippen LogP contribution in [0.5, 0.6) is 5.75 Å². The second-order valence-electron chi connectivity index (χ2n) is 12.4. The largest absolute Gasteiger partial charge is 0.494 e. The fourth-order valence-electron chi connectivity index (χ4n) is 4.72. The van der Waals surface area contributed by atoms with Gasteiger partial charge in [0.2, 0.25) is 0 Å². The monoisotopic (exact) mass is 605 g/mol. The quantitative estimate of drug-likeness (QED) is 0.227. The highest BCUT2D eigenvalue weighted by Crippen LogP contribution is 2.39. The lowest BCUT2D eigenvalue weighted by Gasteiger charge is -2.32. The molecule has 0 saturated carbocycles. The zero-order chi connectivity index (χ0) is 28.9. The van der Waals surface area contributed by atoms with Crippen molar-refractivity contribution >= 4 is 58.2 Å². The third-order valence-corrected chi connectivity index (χ3v) is 8.90. The van der Waals surface area contributed by atoms with Gasteiger partial charge in [0.15, 0.2) is 0 Å². The number of hydrogen-bond donors (Lipinski definition) is 0. The SMILES string of the molecule is CC1(C)OB(c2ccc(N(c3ccc(OCBr)cc3)c3ccc(B4OC(C)(C)C(C)(C)O4)cc3)cc2)OC1(C)C. The van der Waals surface area contributed by atoms with Gasteiger partial charge < -0.3 is 28.3 Å². The maximum atomic E-state index is 6.27. The Kier molecular flexibility index (Phi) is 7.68. The summed E-state index contributed by atoms with van der Waals surface area (Å²) in [6.45, 7) is 16.6. The molecule has 0 radical (unpaired) electrons. The van der Waals surface area contributed by atoms with Crippen molar-refractivity contribution in [1.82, 2.24) is 0 Å². The summed E-state index contributed by atoms with van der Waals surface area (Å²) in [4.78, 5) is 2.21. The Morgan fingerprint density at radius 3 is 1.15 bits per heavy atom. The Balaban J connectivity index is 1.45. The molecule has 0 atom stereocenters. The number of hydrogen-bond acceptors (Lipinski definition) is 6. The standard InChI is InChI=1S/C31H38B2BrNO5/c1-28(2)29(3,4)38-32(37-28)22-9-13-24(14-10-22)35(26-17-19-27(20-18-26)36-21-34)25-15-11-23(12-16-25)33-39-30(5,6)31(7,8)40-33/h9-20H,21H2,1-8H3. The van der Waals surface area contributed by atoms with Gasteiger partial charge in [-0.3, -0.25) is 0 Å². The van der Waals surface area contributed by atoms with E-state index in [4.69, 9.17) is 23.4 Å². The molecule has 0 unspecified atom stereocenters. The number of benzene rings is 3. The molecule has 0 N–H and O–H groups in total. The predicted molar refractivity (Wildman–Crippen MR) is 167 cm³/mol. The van der Waals surface area contributed by atoms with Gasteiger partial charge in [-0.1, -0.05) is 24.3 Å². The highest BCUT2D eigenvalue weighted by Gasteiger charge is 2.52. The Labute approximate surface area is 247 Å². The number of rotatable bonds is 7. The van der Waals surface area contributed by atoms with E-state index in [1.54, 1.807) is 0 Å². The molecule has 2 fully saturated rings. The highest BCUT2D eigenvalue weighted by atomic mass is 79.9. The average Bonchev–Trinajstić information content (AvgIpc) is 3.25. The summed E-state index contributed by atoms with van der Waals surface area (Å²) in [5.41, 5.74) is 3.89. The van der Waals surface area contributed by atoms with Crippen molar-refractivity contribution in [2.45, 2.75) is 77.8 Å². The van der Waals surface area contributed by atoms with Crippen molar-refractivity contribution in [2.24, 2.45) is 0 Å². The number of anilines is 3. The van der Waals surface area contributed by atoms with Gasteiger partial charge in [0.05, 0.1) is 22.4 Å². The number of halogens is 1. The van der Waals surface area contributed by atoms with Crippen LogP contribution < -0.4 is 20.6 Å². The lowest BCUT2D eigenvalue weighted by Crippen LogP contribution is -2.41. The fourth-order valence-corrected chi connectivity index (χ4v) is 4.99. The zero-order valence-electron chi connectivity index (χ0n) is 24.7. The normalized spacial score (nSPS) is 20.5. The molecule has 0 aromatic heterocycles. The van der Waals surface area contributed by atoms with E-state index in [1.807, 2.05) is 12.1 Å². The van der Waals surface area contributed by atoms with Crippen LogP contribution in [0.15, 0.2) is 72.8 Å². The maximum absolute atomic E-state index is 6.27. The summed E-state index contributed by atoms with van der Waals surface area (Å²) in [5, 5.41) is 0. The van der Waals surface area contributed by atoms with E-state index < -0.39 is 14.2 Å². The summed E-state index contributed by atoms with van der Waals surface area (Å²) in [6, 6.07) is 24.8. The Morgan fingerprint density at radius 1 is 0.550 bits per heavy atom. The van der Waals surface area contributed by atoms with Gasteiger partial charge in [0, 0.05) is 17.1 Å². The molecule has 6 nitrogen and oxygen atoms in total. The maximum Gasteiger partial charge on any atom is 0.494 e. The van der Waals surface area contributed by atoms with Gasteiger partial charge in [-0.15, -0.1) is 0 Å². The van der Waals surface area contributed by atoms with Crippen molar-refractivity contribution in [1.29, 1.82) is 0 Å². The van der Waals surface area contributed by atoms with E-state index >= 15 is 0 Å². The molecule has 3 aromatic carbocycles. The Hall–Kier alpha value is -2.29. The summed E-state index contributed by atoms with van der Waals surface area (Å²) in [6.07, 6.45) is 0. The molecule has 0 bridgehead atoms. The average molecular weight is 606 g/mol. The van der Waals surface area contributed by atoms with E-state index in [-0.39, 0.29) is 22.4 Å². The van der Waals surface area contributed by atoms with E-state index in [1.165, 1.54) is 0 Å². The predicted octanol–water partition coefficient (Wildman–Crippen LogP) is 6.49. The Morgan fingerprint density at radius 2 is 0.850 bits per heavy atom. The molecular weight excluding hydrogens is 568 g/mol. The first-order chi connectivity index (χ1) is 18.7. The van der Waals surface area contributed by atoms with Crippen LogP contribution >= 0.6 is 15.9 Å². The van der Waals surface area contributed by atoms with Gasteiger partial charge in [-0.25, -0.2) is 0 Å². The molecule has 5 rings (SSSR count). The Bertz CT molecular complexity index is 1220. The third kappa shape index (κ3) is 5.47. The van der Waals surface area contributed by atoms with Crippen LogP contribution in [0.3, 0.4) is 0 Å². The number of nitrogens with zero attached hydrogens (tertiary/aromatic N) is 1. The topological polar surface area (TPSA) is 49.4 Å². The van der Waals surface area contributed by atoms with Crippen molar-refractivity contribution in [3.05, 3.63) is 72.8 Å². The summed E-state index contributed by atoms with van der Waals surface area (Å²) in [7, 11) is -0.820. The molecule has 2 aliphatic rings. The zero-order valence-corrected chi connectivity index (χ0v) is 26.2. The first-order valence-electron chi connectivity index (χ1n) is 13.7. The minimum Gasteiger partial charge on any atom is -0.482 e. The van der Waals surface area contributed by atoms with Crippen molar-refractivity contribution in [3.63, 3.8) is 0 Å². The van der Waals surface area contributed by atoms with Crippen LogP contribution in [0.1, 0.15) is 55.4 Å². The molecule has 210 valence electrons. The van der Waals surface area contributed by atoms with Gasteiger partial charge >= 0.3 is 14.2 Å². The van der Waals surface area contributed by atoms with Gasteiger partial charge in [-0.2, -0.15) is 0 Å². The van der Waals surface area contributed by atoms with Crippen LogP contribution in [0, 0.1) is 0 Å². The second-order valence-corrected chi connectivity index (χ2v) is 12.9. The molecule has 0 amide bonds. The smallest absolute Gasteiger partial charge is 0.482 e. The molecular formula is C31H38B2BrNO5. The lowest BCUT2D eigenvalue weighted by molar-refractivity contribution is 0.00578. The van der Waals surface area contributed by atoms with Crippen molar-refractivity contribution in [2.75, 3.05) is 10.4 Å². The molecule has 2 aliphatic heterocycles. The lowest BCUT2D eigenvalue weighted by atomic mass is 9.79. The van der Waals surface area contributed by atoms with E-state index in [9.17, 15) is 0 Å². The first kappa shape index (κ1) is 29.2. The van der Waals surface area contributed by atoms with Crippen LogP contribution in [0.2, 0.25) is 0 Å². The van der Waals surface area contributed by atoms with Crippen LogP contribution in [0.25, 0.3) is 0 Å². The summed E-state index contributed by atoms with van der Waals surface area (Å²) in [5.74, 6) is 0.799. The van der Waals surface area contributed by atoms with Crippen molar-refractivity contribution < 1.29 is 23.4 Å². The molecule has 0 aliphatic carbocycles. The number of ether oxygens (including phenoxy) is 1. The molecule has 9 heteroatoms. The van der Waals surface area contributed by atoms with E-state index in [0.717, 1.165) is 33.7 Å². The van der Waals surface area contributed by atoms with E-state index in [2.05, 4.69) is 137 Å². The molecule has 0 spiro atoms. The fraction of sp³-hybridized carbons (Fsp3) is 0.419. The van der Waals surface area contributed by atoms with Crippen LogP contribution in [-0.4, -0.2) is 42.2 Å².